The van der Waals surface area contributed by atoms with Crippen LogP contribution < -0.4 is 9.47 Å². The van der Waals surface area contributed by atoms with E-state index in [9.17, 15) is 35.9 Å². The summed E-state index contributed by atoms with van der Waals surface area (Å²) < 4.78 is 86.3. The minimum Gasteiger partial charge on any atom is -0.493 e. The zero-order chi connectivity index (χ0) is 39.5. The largest absolute Gasteiger partial charge is 0.493 e. The number of alkyl halides is 6. The molecule has 296 valence electrons. The van der Waals surface area contributed by atoms with Crippen molar-refractivity contribution in [2.24, 2.45) is 35.5 Å². The molecule has 2 aromatic carbocycles. The second-order valence-corrected chi connectivity index (χ2v) is 15.3. The quantitative estimate of drug-likeness (QED) is 0.212. The molecule has 2 N–H and O–H groups in total. The third-order valence-corrected chi connectivity index (χ3v) is 10.8. The van der Waals surface area contributed by atoms with Crippen molar-refractivity contribution in [3.63, 3.8) is 0 Å². The molecule has 6 rings (SSSR count). The Balaban J connectivity index is 0.000000208. The fourth-order valence-electron chi connectivity index (χ4n) is 6.85. The van der Waals surface area contributed by atoms with E-state index in [2.05, 4.69) is 35.8 Å². The number of hydrogen-bond acceptors (Lipinski definition) is 6. The number of rotatable bonds is 12. The zero-order valence-electron chi connectivity index (χ0n) is 30.8. The number of carboxylic acids is 2. The first kappa shape index (κ1) is 41.1. The van der Waals surface area contributed by atoms with Crippen LogP contribution in [0.1, 0.15) is 49.9 Å². The Morgan fingerprint density at radius 3 is 1.35 bits per heavy atom. The Morgan fingerprint density at radius 2 is 1.04 bits per heavy atom. The summed E-state index contributed by atoms with van der Waals surface area (Å²) in [5.41, 5.74) is 6.74. The number of likely N-dealkylation sites (tertiary alicyclic amines) is 2. The van der Waals surface area contributed by atoms with Gasteiger partial charge in [-0.05, 0) is 71.2 Å². The van der Waals surface area contributed by atoms with Crippen molar-refractivity contribution in [2.75, 3.05) is 52.5 Å². The predicted octanol–water partition coefficient (Wildman–Crippen LogP) is 7.71. The third-order valence-electron chi connectivity index (χ3n) is 10.8. The molecule has 0 saturated carbocycles. The summed E-state index contributed by atoms with van der Waals surface area (Å²) in [6.07, 6.45) is -2.69. The maximum absolute atomic E-state index is 12.6. The van der Waals surface area contributed by atoms with Crippen molar-refractivity contribution in [1.82, 2.24) is 9.80 Å². The van der Waals surface area contributed by atoms with Crippen molar-refractivity contribution in [1.29, 1.82) is 0 Å². The van der Waals surface area contributed by atoms with Gasteiger partial charge in [-0.1, -0.05) is 63.1 Å². The molecule has 0 bridgehead atoms. The second kappa shape index (κ2) is 16.8. The van der Waals surface area contributed by atoms with Gasteiger partial charge in [-0.15, -0.1) is 0 Å². The normalized spacial score (nSPS) is 21.8. The highest BCUT2D eigenvalue weighted by atomic mass is 19.4. The topological polar surface area (TPSA) is 99.5 Å². The van der Waals surface area contributed by atoms with Gasteiger partial charge in [0.05, 0.1) is 36.9 Å². The second-order valence-electron chi connectivity index (χ2n) is 15.3. The van der Waals surface area contributed by atoms with Crippen molar-refractivity contribution >= 4 is 24.1 Å². The van der Waals surface area contributed by atoms with Gasteiger partial charge in [0.15, 0.2) is 0 Å². The number of fused-ring (bicyclic) bond motifs is 2. The molecule has 2 heterocycles. The fourth-order valence-corrected chi connectivity index (χ4v) is 6.85. The van der Waals surface area contributed by atoms with Gasteiger partial charge in [-0.25, -0.2) is 0 Å². The Labute approximate surface area is 311 Å². The molecule has 0 unspecified atom stereocenters. The first-order chi connectivity index (χ1) is 25.3. The van der Waals surface area contributed by atoms with Crippen LogP contribution in [0.2, 0.25) is 0 Å². The van der Waals surface area contributed by atoms with E-state index < -0.39 is 49.3 Å². The molecule has 0 aromatic heterocycles. The molecule has 8 nitrogen and oxygen atoms in total. The molecule has 2 saturated heterocycles. The van der Waals surface area contributed by atoms with Crippen LogP contribution in [0.5, 0.6) is 11.5 Å². The third kappa shape index (κ3) is 10.6. The molecule has 4 aliphatic rings. The summed E-state index contributed by atoms with van der Waals surface area (Å²) in [6, 6.07) is 10.8. The Hall–Kier alpha value is -4.04. The summed E-state index contributed by atoms with van der Waals surface area (Å²) in [5.74, 6) is -3.52. The molecular weight excluding hydrogens is 718 g/mol. The maximum atomic E-state index is 12.6. The van der Waals surface area contributed by atoms with Gasteiger partial charge in [-0.2, -0.15) is 26.3 Å². The first-order valence-electron chi connectivity index (χ1n) is 18.2. The van der Waals surface area contributed by atoms with Crippen LogP contribution in [0, 0.1) is 35.5 Å². The van der Waals surface area contributed by atoms with Crippen LogP contribution >= 0.6 is 0 Å². The lowest BCUT2D eigenvalue weighted by atomic mass is 9.83. The van der Waals surface area contributed by atoms with Crippen molar-refractivity contribution in [3.8, 4) is 11.5 Å². The predicted molar refractivity (Wildman–Crippen MR) is 191 cm³/mol. The minimum absolute atomic E-state index is 0.268. The van der Waals surface area contributed by atoms with Crippen molar-refractivity contribution in [2.45, 2.75) is 52.9 Å². The molecule has 2 aliphatic carbocycles. The molecule has 2 aromatic rings. The van der Waals surface area contributed by atoms with Crippen LogP contribution in [-0.2, 0) is 22.4 Å². The Kier molecular flexibility index (Phi) is 12.8. The number of carboxylic acid groups (broad SMARTS) is 2. The lowest BCUT2D eigenvalue weighted by Crippen LogP contribution is -2.51. The van der Waals surface area contributed by atoms with Gasteiger partial charge in [0, 0.05) is 39.3 Å². The van der Waals surface area contributed by atoms with Crippen LogP contribution in [-0.4, -0.2) is 96.8 Å². The van der Waals surface area contributed by atoms with E-state index in [1.807, 2.05) is 24.3 Å². The van der Waals surface area contributed by atoms with Crippen LogP contribution in [0.15, 0.2) is 47.5 Å². The van der Waals surface area contributed by atoms with Gasteiger partial charge in [0.1, 0.15) is 11.5 Å². The first-order valence-corrected chi connectivity index (χ1v) is 18.2. The van der Waals surface area contributed by atoms with Crippen molar-refractivity contribution < 1.29 is 55.6 Å². The van der Waals surface area contributed by atoms with E-state index in [0.717, 1.165) is 62.0 Å². The molecule has 14 heteroatoms. The number of carbonyl (C=O) groups is 2. The van der Waals surface area contributed by atoms with E-state index in [1.54, 1.807) is 12.1 Å². The maximum Gasteiger partial charge on any atom is 0.394 e. The minimum atomic E-state index is -4.25. The lowest BCUT2D eigenvalue weighted by molar-refractivity contribution is -0.177. The Morgan fingerprint density at radius 1 is 0.685 bits per heavy atom. The molecular formula is C40H48F6N2O6. The van der Waals surface area contributed by atoms with E-state index >= 15 is 0 Å². The van der Waals surface area contributed by atoms with Crippen LogP contribution in [0.3, 0.4) is 0 Å². The van der Waals surface area contributed by atoms with Crippen molar-refractivity contribution in [3.05, 3.63) is 69.8 Å². The highest BCUT2D eigenvalue weighted by Gasteiger charge is 2.38. The van der Waals surface area contributed by atoms with E-state index in [-0.39, 0.29) is 11.8 Å². The molecule has 0 spiro atoms. The molecule has 0 amide bonds. The fraction of sp³-hybridized carbons (Fsp3) is 0.550. The average Bonchev–Trinajstić information content (AvgIpc) is 3.04. The van der Waals surface area contributed by atoms with Crippen LogP contribution in [0.25, 0.3) is 12.2 Å². The smallest absolute Gasteiger partial charge is 0.394 e. The number of ether oxygens (including phenoxy) is 2. The van der Waals surface area contributed by atoms with E-state index in [4.69, 9.17) is 19.7 Å². The van der Waals surface area contributed by atoms with Gasteiger partial charge in [-0.3, -0.25) is 19.4 Å². The van der Waals surface area contributed by atoms with Gasteiger partial charge in [0.25, 0.3) is 0 Å². The molecule has 2 aliphatic heterocycles. The average molecular weight is 767 g/mol. The van der Waals surface area contributed by atoms with E-state index in [1.165, 1.54) is 11.1 Å². The highest BCUT2D eigenvalue weighted by Crippen LogP contribution is 2.35. The number of halogens is 6. The standard InChI is InChI=1S/2C20H24F3NO3/c2*1-12-5-15-7-18(27-11-13(2)20(21,22)23)4-3-14(15)6-16(12)8-24-9-17(10-24)19(25)26/h2*3-4,6-7,12-13,17H,5,8-11H2,1-2H3,(H,25,26)/t12-,13+;12-,13-/m00/s1. The SMILES string of the molecule is C[C@H](COc1ccc2c(c1)C[C@H](C)C(CN1CC(C(=O)O)C1)=C2)C(F)(F)F.C[C@H]1Cc2cc(OC[C@H](C)C(F)(F)F)ccc2C=C1CN1CC(C(=O)O)C1. The number of aliphatic carboxylic acids is 2. The lowest BCUT2D eigenvalue weighted by Gasteiger charge is -2.38. The number of hydrogen-bond donors (Lipinski definition) is 2. The van der Waals surface area contributed by atoms with E-state index in [0.29, 0.717) is 49.5 Å². The monoisotopic (exact) mass is 766 g/mol. The van der Waals surface area contributed by atoms with Crippen LogP contribution in [0.4, 0.5) is 26.3 Å². The molecule has 0 radical (unpaired) electrons. The number of nitrogens with zero attached hydrogens (tertiary/aromatic N) is 2. The highest BCUT2D eigenvalue weighted by molar-refractivity contribution is 5.72. The molecule has 4 atom stereocenters. The molecule has 2 fully saturated rings. The zero-order valence-corrected chi connectivity index (χ0v) is 30.8. The summed E-state index contributed by atoms with van der Waals surface area (Å²) in [5, 5.41) is 17.9. The van der Waals surface area contributed by atoms with Gasteiger partial charge < -0.3 is 19.7 Å². The molecule has 54 heavy (non-hydrogen) atoms. The summed E-state index contributed by atoms with van der Waals surface area (Å²) in [7, 11) is 0. The summed E-state index contributed by atoms with van der Waals surface area (Å²) in [6.45, 7) is 9.50. The van der Waals surface area contributed by atoms with Gasteiger partial charge in [0.2, 0.25) is 0 Å². The summed E-state index contributed by atoms with van der Waals surface area (Å²) in [4.78, 5) is 26.1. The summed E-state index contributed by atoms with van der Waals surface area (Å²) >= 11 is 0. The van der Waals surface area contributed by atoms with Gasteiger partial charge >= 0.3 is 24.3 Å². The number of benzene rings is 2. The Bertz CT molecular complexity index is 1600.